The average Bonchev–Trinajstić information content (AvgIpc) is 2.93. The highest BCUT2D eigenvalue weighted by molar-refractivity contribution is 6.30. The van der Waals surface area contributed by atoms with Gasteiger partial charge in [-0.15, -0.1) is 0 Å². The first-order chi connectivity index (χ1) is 17.9. The Balaban J connectivity index is 1.41. The Bertz CT molecular complexity index is 1330. The van der Waals surface area contributed by atoms with E-state index in [2.05, 4.69) is 0 Å². The Labute approximate surface area is 219 Å². The number of fused-ring (bicyclic) bond motifs is 1. The maximum Gasteiger partial charge on any atom is 0.262 e. The molecule has 0 saturated carbocycles. The van der Waals surface area contributed by atoms with E-state index in [0.717, 1.165) is 11.3 Å². The van der Waals surface area contributed by atoms with E-state index < -0.39 is 0 Å². The van der Waals surface area contributed by atoms with Gasteiger partial charge in [-0.3, -0.25) is 24.2 Å². The molecule has 0 N–H and O–H groups in total. The largest absolute Gasteiger partial charge is 0.497 e. The molecular weight excluding hydrogens is 494 g/mol. The number of aryl methyl sites for hydroxylation is 1. The molecule has 0 atom stereocenters. The summed E-state index contributed by atoms with van der Waals surface area (Å²) in [5.41, 5.74) is 3.31. The van der Waals surface area contributed by atoms with E-state index in [4.69, 9.17) is 21.1 Å². The van der Waals surface area contributed by atoms with Crippen LogP contribution in [0.1, 0.15) is 22.3 Å². The molecule has 1 fully saturated rings. The maximum atomic E-state index is 13.5. The summed E-state index contributed by atoms with van der Waals surface area (Å²) in [6.45, 7) is 1.08. The van der Waals surface area contributed by atoms with Crippen molar-refractivity contribution in [1.82, 2.24) is 0 Å². The van der Waals surface area contributed by atoms with Crippen LogP contribution in [-0.4, -0.2) is 51.3 Å². The van der Waals surface area contributed by atoms with Crippen molar-refractivity contribution >= 4 is 46.4 Å². The van der Waals surface area contributed by atoms with Gasteiger partial charge in [-0.25, -0.2) is 0 Å². The molecular formula is C28H26ClN3O5. The third-order valence-corrected chi connectivity index (χ3v) is 6.81. The van der Waals surface area contributed by atoms with Gasteiger partial charge in [-0.2, -0.15) is 0 Å². The molecule has 1 saturated heterocycles. The van der Waals surface area contributed by atoms with Crippen molar-refractivity contribution in [2.75, 3.05) is 48.2 Å². The Kier molecular flexibility index (Phi) is 7.12. The van der Waals surface area contributed by atoms with E-state index in [0.29, 0.717) is 47.3 Å². The fraction of sp³-hybridized carbons (Fsp3) is 0.250. The molecule has 0 unspecified atom stereocenters. The number of methoxy groups -OCH3 is 1. The van der Waals surface area contributed by atoms with Crippen molar-refractivity contribution in [2.45, 2.75) is 12.8 Å². The first-order valence-corrected chi connectivity index (χ1v) is 12.4. The molecule has 2 heterocycles. The van der Waals surface area contributed by atoms with Gasteiger partial charge < -0.3 is 14.4 Å². The SMILES string of the molecule is COc1ccc2c(c1)C(=O)N(c1ccc(N3CCOCC3=O)cc1)CN2C(=O)CCc1ccc(Cl)cc1. The number of hydrogen-bond acceptors (Lipinski definition) is 5. The Morgan fingerprint density at radius 2 is 1.68 bits per heavy atom. The predicted octanol–water partition coefficient (Wildman–Crippen LogP) is 4.30. The summed E-state index contributed by atoms with van der Waals surface area (Å²) in [7, 11) is 1.54. The van der Waals surface area contributed by atoms with Gasteiger partial charge in [0.25, 0.3) is 11.8 Å². The second-order valence-corrected chi connectivity index (χ2v) is 9.26. The first kappa shape index (κ1) is 24.8. The molecule has 3 aromatic rings. The monoisotopic (exact) mass is 519 g/mol. The minimum Gasteiger partial charge on any atom is -0.497 e. The molecule has 0 bridgehead atoms. The highest BCUT2D eigenvalue weighted by Gasteiger charge is 2.34. The number of morpholine rings is 1. The van der Waals surface area contributed by atoms with Crippen LogP contribution >= 0.6 is 11.6 Å². The van der Waals surface area contributed by atoms with E-state index in [1.807, 2.05) is 12.1 Å². The Morgan fingerprint density at radius 1 is 0.973 bits per heavy atom. The Hall–Kier alpha value is -3.88. The molecule has 0 radical (unpaired) electrons. The van der Waals surface area contributed by atoms with Crippen molar-refractivity contribution in [1.29, 1.82) is 0 Å². The molecule has 9 heteroatoms. The number of carbonyl (C=O) groups excluding carboxylic acids is 3. The summed E-state index contributed by atoms with van der Waals surface area (Å²) in [6, 6.07) is 19.8. The molecule has 0 spiro atoms. The predicted molar refractivity (Wildman–Crippen MR) is 142 cm³/mol. The summed E-state index contributed by atoms with van der Waals surface area (Å²) in [5.74, 6) is 0.0930. The fourth-order valence-corrected chi connectivity index (χ4v) is 4.65. The van der Waals surface area contributed by atoms with Gasteiger partial charge in [-0.1, -0.05) is 23.7 Å². The lowest BCUT2D eigenvalue weighted by Gasteiger charge is -2.37. The number of amides is 3. The van der Waals surface area contributed by atoms with Crippen molar-refractivity contribution < 1.29 is 23.9 Å². The summed E-state index contributed by atoms with van der Waals surface area (Å²) in [5, 5.41) is 0.646. The quantitative estimate of drug-likeness (QED) is 0.485. The molecule has 37 heavy (non-hydrogen) atoms. The number of ether oxygens (including phenoxy) is 2. The van der Waals surface area contributed by atoms with Gasteiger partial charge in [0, 0.05) is 29.4 Å². The zero-order valence-electron chi connectivity index (χ0n) is 20.4. The number of anilines is 3. The average molecular weight is 520 g/mol. The van der Waals surface area contributed by atoms with Crippen LogP contribution in [0.25, 0.3) is 0 Å². The number of rotatable bonds is 6. The molecule has 3 aromatic carbocycles. The second-order valence-electron chi connectivity index (χ2n) is 8.82. The minimum absolute atomic E-state index is 0.0536. The second kappa shape index (κ2) is 10.6. The van der Waals surface area contributed by atoms with Crippen LogP contribution in [0.3, 0.4) is 0 Å². The highest BCUT2D eigenvalue weighted by Crippen LogP contribution is 2.34. The van der Waals surface area contributed by atoms with Gasteiger partial charge >= 0.3 is 0 Å². The normalized spacial score (nSPS) is 15.6. The number of carbonyl (C=O) groups is 3. The lowest BCUT2D eigenvalue weighted by molar-refractivity contribution is -0.125. The van der Waals surface area contributed by atoms with E-state index in [9.17, 15) is 14.4 Å². The van der Waals surface area contributed by atoms with Crippen LogP contribution in [0, 0.1) is 0 Å². The lowest BCUT2D eigenvalue weighted by Crippen LogP contribution is -2.49. The number of benzene rings is 3. The summed E-state index contributed by atoms with van der Waals surface area (Å²) in [6.07, 6.45) is 0.821. The summed E-state index contributed by atoms with van der Waals surface area (Å²) in [4.78, 5) is 44.0. The van der Waals surface area contributed by atoms with Crippen LogP contribution in [-0.2, 0) is 20.7 Å². The van der Waals surface area contributed by atoms with Crippen molar-refractivity contribution in [2.24, 2.45) is 0 Å². The van der Waals surface area contributed by atoms with Crippen molar-refractivity contribution in [3.05, 3.63) is 82.9 Å². The number of hydrogen-bond donors (Lipinski definition) is 0. The molecule has 0 aliphatic carbocycles. The van der Waals surface area contributed by atoms with Crippen molar-refractivity contribution in [3.63, 3.8) is 0 Å². The van der Waals surface area contributed by atoms with E-state index >= 15 is 0 Å². The fourth-order valence-electron chi connectivity index (χ4n) is 4.53. The van der Waals surface area contributed by atoms with Crippen LogP contribution in [0.2, 0.25) is 5.02 Å². The Morgan fingerprint density at radius 3 is 2.35 bits per heavy atom. The van der Waals surface area contributed by atoms with Gasteiger partial charge in [-0.05, 0) is 66.6 Å². The van der Waals surface area contributed by atoms with Crippen LogP contribution in [0.5, 0.6) is 5.75 Å². The summed E-state index contributed by atoms with van der Waals surface area (Å²) >= 11 is 5.98. The van der Waals surface area contributed by atoms with Gasteiger partial charge in [0.15, 0.2) is 0 Å². The molecule has 0 aromatic heterocycles. The number of halogens is 1. The lowest BCUT2D eigenvalue weighted by atomic mass is 10.0. The molecule has 2 aliphatic rings. The molecule has 190 valence electrons. The number of nitrogens with zero attached hydrogens (tertiary/aromatic N) is 3. The minimum atomic E-state index is -0.231. The van der Waals surface area contributed by atoms with Crippen LogP contribution < -0.4 is 19.4 Å². The maximum absolute atomic E-state index is 13.5. The van der Waals surface area contributed by atoms with Gasteiger partial charge in [0.2, 0.25) is 5.91 Å². The van der Waals surface area contributed by atoms with Crippen molar-refractivity contribution in [3.8, 4) is 5.75 Å². The van der Waals surface area contributed by atoms with Gasteiger partial charge in [0.05, 0.1) is 25.0 Å². The third-order valence-electron chi connectivity index (χ3n) is 6.55. The molecule has 3 amide bonds. The van der Waals surface area contributed by atoms with E-state index in [-0.39, 0.29) is 37.4 Å². The standard InChI is InChI=1S/C28H26ClN3O5/c1-36-23-11-12-25-24(16-23)28(35)31(18-32(25)26(33)13-4-19-2-5-20(29)6-3-19)22-9-7-21(8-10-22)30-14-15-37-17-27(30)34/h2-3,5-12,16H,4,13-15,17-18H2,1H3. The zero-order valence-corrected chi connectivity index (χ0v) is 21.1. The zero-order chi connectivity index (χ0) is 25.9. The highest BCUT2D eigenvalue weighted by atomic mass is 35.5. The van der Waals surface area contributed by atoms with E-state index in [1.54, 1.807) is 69.3 Å². The smallest absolute Gasteiger partial charge is 0.262 e. The summed E-state index contributed by atoms with van der Waals surface area (Å²) < 4.78 is 10.5. The third kappa shape index (κ3) is 5.16. The van der Waals surface area contributed by atoms with Gasteiger partial charge in [0.1, 0.15) is 19.0 Å². The van der Waals surface area contributed by atoms with E-state index in [1.165, 1.54) is 7.11 Å². The topological polar surface area (TPSA) is 79.4 Å². The van der Waals surface area contributed by atoms with Crippen LogP contribution in [0.15, 0.2) is 66.7 Å². The molecule has 8 nitrogen and oxygen atoms in total. The first-order valence-electron chi connectivity index (χ1n) is 12.0. The van der Waals surface area contributed by atoms with Crippen LogP contribution in [0.4, 0.5) is 17.1 Å². The molecule has 5 rings (SSSR count). The molecule has 2 aliphatic heterocycles.